The summed E-state index contributed by atoms with van der Waals surface area (Å²) in [5.74, 6) is 0.537. The number of hydrogen-bond acceptors (Lipinski definition) is 2. The van der Waals surface area contributed by atoms with Crippen LogP contribution in [-0.2, 0) is 0 Å². The molecule has 8 heteroatoms. The lowest BCUT2D eigenvalue weighted by molar-refractivity contribution is -0.948. The second-order valence-corrected chi connectivity index (χ2v) is 6.92. The van der Waals surface area contributed by atoms with Crippen molar-refractivity contribution in [1.82, 2.24) is 0 Å². The predicted octanol–water partition coefficient (Wildman–Crippen LogP) is -5.65. The van der Waals surface area contributed by atoms with Crippen LogP contribution in [0.4, 0.5) is 0 Å². The Hall–Kier alpha value is 1.00. The van der Waals surface area contributed by atoms with Crippen LogP contribution in [0, 0.1) is 0 Å². The number of alkyl halides is 2. The van der Waals surface area contributed by atoms with Gasteiger partial charge in [0.25, 0.3) is 0 Å². The van der Waals surface area contributed by atoms with Crippen molar-refractivity contribution in [2.24, 2.45) is 0 Å². The van der Waals surface area contributed by atoms with E-state index < -0.39 is 12.2 Å². The van der Waals surface area contributed by atoms with E-state index >= 15 is 0 Å². The van der Waals surface area contributed by atoms with Gasteiger partial charge in [-0.3, -0.25) is 0 Å². The van der Waals surface area contributed by atoms with Crippen LogP contribution in [0.1, 0.15) is 0 Å². The van der Waals surface area contributed by atoms with Crippen molar-refractivity contribution in [2.45, 2.75) is 12.2 Å². The summed E-state index contributed by atoms with van der Waals surface area (Å²) in [6, 6.07) is 0. The van der Waals surface area contributed by atoms with Crippen molar-refractivity contribution >= 4 is 23.2 Å². The van der Waals surface area contributed by atoms with Gasteiger partial charge in [0.15, 0.2) is 0 Å². The molecule has 0 aliphatic rings. The molecule has 0 fully saturated rings. The highest BCUT2D eigenvalue weighted by atomic mass is 35.5. The van der Waals surface area contributed by atoms with Gasteiger partial charge in [0.05, 0.1) is 40.0 Å². The number of aliphatic hydroxyl groups excluding tert-OH is 2. The Bertz CT molecular complexity index is 219. The Balaban J connectivity index is -0.00000144. The summed E-state index contributed by atoms with van der Waals surface area (Å²) in [5, 5.41) is 19.2. The lowest BCUT2D eigenvalue weighted by Crippen LogP contribution is -3.00. The van der Waals surface area contributed by atoms with Gasteiger partial charge in [0.2, 0.25) is 0 Å². The molecular weight excluding hydrogens is 346 g/mol. The van der Waals surface area contributed by atoms with E-state index in [1.54, 1.807) is 0 Å². The summed E-state index contributed by atoms with van der Waals surface area (Å²) in [7, 11) is 8.31. The highest BCUT2D eigenvalue weighted by Crippen LogP contribution is 2.07. The van der Waals surface area contributed by atoms with Crippen LogP contribution in [0.5, 0.6) is 0 Å². The van der Waals surface area contributed by atoms with Gasteiger partial charge in [-0.2, -0.15) is 0 Å². The molecule has 20 heavy (non-hydrogen) atoms. The first kappa shape index (κ1) is 25.9. The maximum Gasteiger partial charge on any atom is 0.128 e. The second-order valence-electron chi connectivity index (χ2n) is 6.30. The Kier molecular flexibility index (Phi) is 15.0. The van der Waals surface area contributed by atoms with Crippen molar-refractivity contribution in [2.75, 3.05) is 66.1 Å². The average molecular weight is 374 g/mol. The average Bonchev–Trinajstić information content (AvgIpc) is 2.25. The van der Waals surface area contributed by atoms with Gasteiger partial charge >= 0.3 is 0 Å². The van der Waals surface area contributed by atoms with Crippen LogP contribution in [0.25, 0.3) is 0 Å². The quantitative estimate of drug-likeness (QED) is 0.312. The fourth-order valence-corrected chi connectivity index (χ4v) is 2.16. The summed E-state index contributed by atoms with van der Waals surface area (Å²) >= 11 is 11.2. The number of rotatable bonds is 9. The fourth-order valence-electron chi connectivity index (χ4n) is 1.96. The fraction of sp³-hybridized carbons (Fsp3) is 1.00. The van der Waals surface area contributed by atoms with Crippen LogP contribution >= 0.6 is 23.2 Å². The number of halogens is 4. The third-order valence-corrected chi connectivity index (χ3v) is 3.79. The molecule has 0 rings (SSSR count). The number of nitrogens with zero attached hydrogens (tertiary/aromatic N) is 2. The number of quaternary nitrogens is 2. The molecule has 4 nitrogen and oxygen atoms in total. The van der Waals surface area contributed by atoms with Gasteiger partial charge in [-0.05, 0) is 0 Å². The van der Waals surface area contributed by atoms with Gasteiger partial charge in [0.1, 0.15) is 38.4 Å². The molecule has 126 valence electrons. The van der Waals surface area contributed by atoms with Crippen LogP contribution in [0.2, 0.25) is 0 Å². The normalized spacial score (nSPS) is 15.0. The molecule has 0 spiro atoms. The van der Waals surface area contributed by atoms with Crippen molar-refractivity contribution in [3.05, 3.63) is 0 Å². The highest BCUT2D eigenvalue weighted by molar-refractivity contribution is 6.18. The van der Waals surface area contributed by atoms with Gasteiger partial charge in [-0.1, -0.05) is 0 Å². The number of likely N-dealkylation sites (N-methyl/N-ethyl adjacent to an activating group) is 2. The van der Waals surface area contributed by atoms with Crippen molar-refractivity contribution in [3.8, 4) is 0 Å². The molecule has 0 bridgehead atoms. The maximum atomic E-state index is 9.60. The standard InChI is InChI=1S/C12H28Cl2N2O2.2ClH/c1-15(2,9-11(17)7-13)5-6-16(3,4)10-12(18)8-14;;/h11-12,17-18H,5-10H2,1-4H3;2*1H/q+2;;/p-2. The number of aliphatic hydroxyl groups is 2. The zero-order chi connectivity index (χ0) is 14.4. The zero-order valence-corrected chi connectivity index (χ0v) is 15.7. The van der Waals surface area contributed by atoms with E-state index in [9.17, 15) is 10.2 Å². The molecule has 0 amide bonds. The summed E-state index contributed by atoms with van der Waals surface area (Å²) in [5.41, 5.74) is 0. The Morgan fingerprint density at radius 1 is 0.750 bits per heavy atom. The zero-order valence-electron chi connectivity index (χ0n) is 12.7. The van der Waals surface area contributed by atoms with E-state index in [0.29, 0.717) is 22.1 Å². The lowest BCUT2D eigenvalue weighted by atomic mass is 10.3. The van der Waals surface area contributed by atoms with E-state index in [2.05, 4.69) is 28.2 Å². The maximum absolute atomic E-state index is 9.60. The van der Waals surface area contributed by atoms with Crippen molar-refractivity contribution in [3.63, 3.8) is 0 Å². The monoisotopic (exact) mass is 372 g/mol. The third-order valence-electron chi connectivity index (χ3n) is 3.08. The highest BCUT2D eigenvalue weighted by Gasteiger charge is 2.26. The summed E-state index contributed by atoms with van der Waals surface area (Å²) < 4.78 is 1.43. The van der Waals surface area contributed by atoms with Gasteiger partial charge in [0, 0.05) is 0 Å². The van der Waals surface area contributed by atoms with Gasteiger partial charge in [-0.15, -0.1) is 23.2 Å². The molecule has 0 saturated carbocycles. The van der Waals surface area contributed by atoms with Crippen LogP contribution in [0.15, 0.2) is 0 Å². The number of hydrogen-bond donors (Lipinski definition) is 2. The van der Waals surface area contributed by atoms with Crippen molar-refractivity contribution < 1.29 is 44.0 Å². The molecule has 0 saturated heterocycles. The Morgan fingerprint density at radius 3 is 1.20 bits per heavy atom. The SMILES string of the molecule is C[N+](C)(CC[N+](C)(C)CC(O)CCl)CC(O)CCl.[Cl-].[Cl-]. The first-order chi connectivity index (χ1) is 8.12. The first-order valence-electron chi connectivity index (χ1n) is 6.24. The van der Waals surface area contributed by atoms with E-state index in [1.807, 2.05) is 0 Å². The molecule has 0 aliphatic heterocycles. The van der Waals surface area contributed by atoms with Crippen LogP contribution < -0.4 is 24.8 Å². The van der Waals surface area contributed by atoms with E-state index in [4.69, 9.17) is 23.2 Å². The summed E-state index contributed by atoms with van der Waals surface area (Å²) in [6.07, 6.45) is -0.934. The summed E-state index contributed by atoms with van der Waals surface area (Å²) in [4.78, 5) is 0. The minimum absolute atomic E-state index is 0. The third kappa shape index (κ3) is 12.7. The smallest absolute Gasteiger partial charge is 0.128 e. The molecule has 2 atom stereocenters. The van der Waals surface area contributed by atoms with E-state index in [1.165, 1.54) is 0 Å². The van der Waals surface area contributed by atoms with Gasteiger partial charge in [-0.25, -0.2) is 0 Å². The minimum atomic E-state index is -0.467. The molecule has 2 unspecified atom stereocenters. The second kappa shape index (κ2) is 11.6. The minimum Gasteiger partial charge on any atom is -1.00 e. The molecule has 0 radical (unpaired) electrons. The molecule has 0 heterocycles. The Labute approximate surface area is 145 Å². The molecular formula is C12H28Cl4N2O2. The van der Waals surface area contributed by atoms with Crippen LogP contribution in [0.3, 0.4) is 0 Å². The Morgan fingerprint density at radius 2 is 1.00 bits per heavy atom. The van der Waals surface area contributed by atoms with E-state index in [0.717, 1.165) is 13.1 Å². The van der Waals surface area contributed by atoms with Crippen LogP contribution in [-0.4, -0.2) is 97.5 Å². The van der Waals surface area contributed by atoms with Crippen molar-refractivity contribution in [1.29, 1.82) is 0 Å². The summed E-state index contributed by atoms with van der Waals surface area (Å²) in [6.45, 7) is 3.11. The van der Waals surface area contributed by atoms with E-state index in [-0.39, 0.29) is 36.6 Å². The first-order valence-corrected chi connectivity index (χ1v) is 7.31. The lowest BCUT2D eigenvalue weighted by Gasteiger charge is -2.37. The predicted molar refractivity (Wildman–Crippen MR) is 77.1 cm³/mol. The molecule has 0 aliphatic carbocycles. The largest absolute Gasteiger partial charge is 1.00 e. The topological polar surface area (TPSA) is 40.5 Å². The van der Waals surface area contributed by atoms with Gasteiger partial charge < -0.3 is 44.0 Å². The molecule has 0 aromatic carbocycles. The molecule has 0 aromatic heterocycles. The molecule has 0 aromatic rings. The molecule has 2 N–H and O–H groups in total.